The van der Waals surface area contributed by atoms with Crippen molar-refractivity contribution < 1.29 is 5.11 Å². The Morgan fingerprint density at radius 3 is 2.50 bits per heavy atom. The standard InChI is InChI=1S/C9H10ClN3O/c1-9(6-14,12-13-11)7-2-4-8(10)5-3-7/h2-5,14H,6H2,1H3. The topological polar surface area (TPSA) is 69.0 Å². The predicted octanol–water partition coefficient (Wildman–Crippen LogP) is 2.86. The Balaban J connectivity index is 3.12. The maximum Gasteiger partial charge on any atom is 0.0940 e. The number of azide groups is 1. The van der Waals surface area contributed by atoms with Crippen LogP contribution in [-0.4, -0.2) is 11.7 Å². The molecule has 14 heavy (non-hydrogen) atoms. The molecule has 4 nitrogen and oxygen atoms in total. The Kier molecular flexibility index (Phi) is 3.36. The number of rotatable bonds is 3. The highest BCUT2D eigenvalue weighted by Crippen LogP contribution is 2.26. The lowest BCUT2D eigenvalue weighted by atomic mass is 9.94. The molecule has 5 heteroatoms. The molecule has 0 amide bonds. The molecule has 1 N–H and O–H groups in total. The van der Waals surface area contributed by atoms with Crippen molar-refractivity contribution in [3.05, 3.63) is 45.3 Å². The molecule has 0 saturated heterocycles. The van der Waals surface area contributed by atoms with Crippen LogP contribution in [0.2, 0.25) is 5.02 Å². The molecule has 1 rings (SSSR count). The van der Waals surface area contributed by atoms with E-state index in [0.29, 0.717) is 5.02 Å². The van der Waals surface area contributed by atoms with Gasteiger partial charge in [-0.1, -0.05) is 28.8 Å². The first kappa shape index (κ1) is 10.9. The fourth-order valence-electron chi connectivity index (χ4n) is 1.09. The van der Waals surface area contributed by atoms with Crippen LogP contribution in [0.4, 0.5) is 0 Å². The monoisotopic (exact) mass is 211 g/mol. The normalized spacial score (nSPS) is 14.2. The Labute approximate surface area is 86.8 Å². The van der Waals surface area contributed by atoms with Crippen molar-refractivity contribution >= 4 is 11.6 Å². The van der Waals surface area contributed by atoms with Crippen LogP contribution in [0.1, 0.15) is 12.5 Å². The summed E-state index contributed by atoms with van der Waals surface area (Å²) in [5.74, 6) is 0. The molecule has 0 bridgehead atoms. The van der Waals surface area contributed by atoms with Gasteiger partial charge in [0.15, 0.2) is 0 Å². The van der Waals surface area contributed by atoms with Crippen molar-refractivity contribution in [3.63, 3.8) is 0 Å². The molecular formula is C9H10ClN3O. The first-order valence-corrected chi connectivity index (χ1v) is 4.43. The minimum atomic E-state index is -0.917. The summed E-state index contributed by atoms with van der Waals surface area (Å²) < 4.78 is 0. The van der Waals surface area contributed by atoms with E-state index in [-0.39, 0.29) is 6.61 Å². The summed E-state index contributed by atoms with van der Waals surface area (Å²) in [5, 5.41) is 13.3. The molecule has 1 aromatic rings. The van der Waals surface area contributed by atoms with Crippen molar-refractivity contribution in [3.8, 4) is 0 Å². The van der Waals surface area contributed by atoms with Crippen LogP contribution >= 0.6 is 11.6 Å². The van der Waals surface area contributed by atoms with Crippen LogP contribution in [0.25, 0.3) is 10.4 Å². The molecule has 0 fully saturated rings. The minimum absolute atomic E-state index is 0.237. The number of aliphatic hydroxyl groups excluding tert-OH is 1. The zero-order valence-corrected chi connectivity index (χ0v) is 8.44. The highest BCUT2D eigenvalue weighted by molar-refractivity contribution is 6.30. The minimum Gasteiger partial charge on any atom is -0.395 e. The molecule has 0 aliphatic rings. The lowest BCUT2D eigenvalue weighted by Gasteiger charge is -2.21. The summed E-state index contributed by atoms with van der Waals surface area (Å²) in [6, 6.07) is 6.84. The maximum absolute atomic E-state index is 9.14. The third-order valence-electron chi connectivity index (χ3n) is 2.04. The maximum atomic E-state index is 9.14. The van der Waals surface area contributed by atoms with Gasteiger partial charge in [0.1, 0.15) is 0 Å². The average Bonchev–Trinajstić information content (AvgIpc) is 2.19. The largest absolute Gasteiger partial charge is 0.395 e. The van der Waals surface area contributed by atoms with E-state index in [1.807, 2.05) is 0 Å². The van der Waals surface area contributed by atoms with Crippen molar-refractivity contribution in [2.75, 3.05) is 6.61 Å². The highest BCUT2D eigenvalue weighted by Gasteiger charge is 2.23. The van der Waals surface area contributed by atoms with Crippen LogP contribution in [0.5, 0.6) is 0 Å². The van der Waals surface area contributed by atoms with Crippen molar-refractivity contribution in [2.24, 2.45) is 5.11 Å². The first-order valence-electron chi connectivity index (χ1n) is 4.05. The van der Waals surface area contributed by atoms with Gasteiger partial charge >= 0.3 is 0 Å². The number of halogens is 1. The Morgan fingerprint density at radius 1 is 1.50 bits per heavy atom. The van der Waals surface area contributed by atoms with Crippen LogP contribution in [0, 0.1) is 0 Å². The van der Waals surface area contributed by atoms with Gasteiger partial charge in [0.25, 0.3) is 0 Å². The van der Waals surface area contributed by atoms with Gasteiger partial charge in [0.05, 0.1) is 12.1 Å². The van der Waals surface area contributed by atoms with E-state index < -0.39 is 5.54 Å². The van der Waals surface area contributed by atoms with E-state index in [1.165, 1.54) is 0 Å². The molecule has 0 aromatic heterocycles. The van der Waals surface area contributed by atoms with E-state index in [0.717, 1.165) is 5.56 Å². The molecule has 0 aliphatic heterocycles. The predicted molar refractivity (Wildman–Crippen MR) is 55.0 cm³/mol. The third kappa shape index (κ3) is 2.17. The number of aliphatic hydroxyl groups is 1. The van der Waals surface area contributed by atoms with Gasteiger partial charge in [0.2, 0.25) is 0 Å². The van der Waals surface area contributed by atoms with Gasteiger partial charge in [-0.2, -0.15) is 0 Å². The zero-order chi connectivity index (χ0) is 10.6. The number of nitrogens with zero attached hydrogens (tertiary/aromatic N) is 3. The van der Waals surface area contributed by atoms with Crippen LogP contribution in [0.3, 0.4) is 0 Å². The molecular weight excluding hydrogens is 202 g/mol. The van der Waals surface area contributed by atoms with Gasteiger partial charge in [-0.25, -0.2) is 0 Å². The van der Waals surface area contributed by atoms with Gasteiger partial charge in [-0.3, -0.25) is 0 Å². The lowest BCUT2D eigenvalue weighted by Crippen LogP contribution is -2.23. The van der Waals surface area contributed by atoms with Gasteiger partial charge < -0.3 is 5.11 Å². The molecule has 0 radical (unpaired) electrons. The van der Waals surface area contributed by atoms with E-state index in [2.05, 4.69) is 10.0 Å². The molecule has 0 aliphatic carbocycles. The molecule has 0 heterocycles. The van der Waals surface area contributed by atoms with Crippen molar-refractivity contribution in [1.82, 2.24) is 0 Å². The second kappa shape index (κ2) is 4.33. The van der Waals surface area contributed by atoms with Crippen LogP contribution < -0.4 is 0 Å². The first-order chi connectivity index (χ1) is 6.62. The van der Waals surface area contributed by atoms with E-state index >= 15 is 0 Å². The summed E-state index contributed by atoms with van der Waals surface area (Å²) in [6.45, 7) is 1.43. The quantitative estimate of drug-likeness (QED) is 0.466. The number of hydrogen-bond acceptors (Lipinski definition) is 2. The Morgan fingerprint density at radius 2 is 2.07 bits per heavy atom. The molecule has 0 spiro atoms. The molecule has 0 saturated carbocycles. The van der Waals surface area contributed by atoms with Gasteiger partial charge in [-0.15, -0.1) is 0 Å². The van der Waals surface area contributed by atoms with E-state index in [4.69, 9.17) is 22.2 Å². The Hall–Kier alpha value is -1.22. The van der Waals surface area contributed by atoms with Crippen LogP contribution in [-0.2, 0) is 5.54 Å². The molecule has 1 atom stereocenters. The van der Waals surface area contributed by atoms with Crippen molar-refractivity contribution in [1.29, 1.82) is 0 Å². The molecule has 74 valence electrons. The summed E-state index contributed by atoms with van der Waals surface area (Å²) >= 11 is 5.72. The fourth-order valence-corrected chi connectivity index (χ4v) is 1.21. The van der Waals surface area contributed by atoms with Gasteiger partial charge in [-0.05, 0) is 30.2 Å². The van der Waals surface area contributed by atoms with E-state index in [9.17, 15) is 0 Å². The van der Waals surface area contributed by atoms with Gasteiger partial charge in [0, 0.05) is 9.93 Å². The third-order valence-corrected chi connectivity index (χ3v) is 2.29. The Bertz CT molecular complexity index is 359. The zero-order valence-electron chi connectivity index (χ0n) is 7.68. The summed E-state index contributed by atoms with van der Waals surface area (Å²) in [6.07, 6.45) is 0. The lowest BCUT2D eigenvalue weighted by molar-refractivity contribution is 0.210. The number of hydrogen-bond donors (Lipinski definition) is 1. The smallest absolute Gasteiger partial charge is 0.0940 e. The summed E-state index contributed by atoms with van der Waals surface area (Å²) in [7, 11) is 0. The highest BCUT2D eigenvalue weighted by atomic mass is 35.5. The second-order valence-corrected chi connectivity index (χ2v) is 3.56. The average molecular weight is 212 g/mol. The SMILES string of the molecule is CC(CO)(N=[N+]=[N-])c1ccc(Cl)cc1. The fraction of sp³-hybridized carbons (Fsp3) is 0.333. The van der Waals surface area contributed by atoms with Crippen LogP contribution in [0.15, 0.2) is 29.4 Å². The second-order valence-electron chi connectivity index (χ2n) is 3.13. The summed E-state index contributed by atoms with van der Waals surface area (Å²) in [4.78, 5) is 2.71. The summed E-state index contributed by atoms with van der Waals surface area (Å²) in [5.41, 5.74) is 8.19. The molecule has 1 unspecified atom stereocenters. The number of benzene rings is 1. The molecule has 1 aromatic carbocycles. The van der Waals surface area contributed by atoms with Crippen molar-refractivity contribution in [2.45, 2.75) is 12.5 Å². The van der Waals surface area contributed by atoms with E-state index in [1.54, 1.807) is 31.2 Å².